The SMILES string of the molecule is CC(C)(C)OC(=O)NCCCC(Cc1ncn2c1CCc1ccccc1-2)C(=O)O. The number of carboxylic acid groups (broad SMARTS) is 1. The maximum Gasteiger partial charge on any atom is 0.407 e. The van der Waals surface area contributed by atoms with Gasteiger partial charge in [0, 0.05) is 24.3 Å². The molecule has 1 aromatic carbocycles. The summed E-state index contributed by atoms with van der Waals surface area (Å²) in [6.07, 6.45) is 4.54. The van der Waals surface area contributed by atoms with Gasteiger partial charge < -0.3 is 19.7 Å². The van der Waals surface area contributed by atoms with Gasteiger partial charge in [0.05, 0.1) is 17.9 Å². The molecule has 1 aliphatic rings. The van der Waals surface area contributed by atoms with E-state index in [9.17, 15) is 14.7 Å². The molecule has 1 amide bonds. The highest BCUT2D eigenvalue weighted by Gasteiger charge is 2.25. The molecule has 1 aliphatic heterocycles. The zero-order valence-corrected chi connectivity index (χ0v) is 17.3. The first-order chi connectivity index (χ1) is 13.7. The third-order valence-electron chi connectivity index (χ3n) is 5.02. The van der Waals surface area contributed by atoms with E-state index in [2.05, 4.69) is 27.0 Å². The van der Waals surface area contributed by atoms with Gasteiger partial charge in [0.1, 0.15) is 5.60 Å². The third-order valence-corrected chi connectivity index (χ3v) is 5.02. The standard InChI is InChI=1S/C22H29N3O4/c1-22(2,3)29-21(28)23-12-6-8-16(20(26)27)13-17-19-11-10-15-7-4-5-9-18(15)25(19)14-24-17/h4-5,7,9,14,16H,6,8,10-13H2,1-3H3,(H,23,28)(H,26,27). The number of carbonyl (C=O) groups excluding carboxylic acids is 1. The molecule has 2 aromatic rings. The second kappa shape index (κ2) is 8.68. The number of ether oxygens (including phenoxy) is 1. The number of para-hydroxylation sites is 1. The van der Waals surface area contributed by atoms with Gasteiger partial charge in [-0.15, -0.1) is 0 Å². The second-order valence-corrected chi connectivity index (χ2v) is 8.45. The summed E-state index contributed by atoms with van der Waals surface area (Å²) in [5, 5.41) is 12.3. The average molecular weight is 399 g/mol. The smallest absolute Gasteiger partial charge is 0.407 e. The van der Waals surface area contributed by atoms with Crippen molar-refractivity contribution in [2.75, 3.05) is 6.54 Å². The number of rotatable bonds is 7. The van der Waals surface area contributed by atoms with Crippen molar-refractivity contribution < 1.29 is 19.4 Å². The number of nitrogens with one attached hydrogen (secondary N) is 1. The molecule has 0 radical (unpaired) electrons. The Morgan fingerprint density at radius 2 is 2.03 bits per heavy atom. The van der Waals surface area contributed by atoms with Crippen LogP contribution >= 0.6 is 0 Å². The highest BCUT2D eigenvalue weighted by molar-refractivity contribution is 5.70. The Balaban J connectivity index is 1.58. The number of aliphatic carboxylic acids is 1. The zero-order chi connectivity index (χ0) is 21.0. The Labute approximate surface area is 171 Å². The average Bonchev–Trinajstić information content (AvgIpc) is 3.06. The summed E-state index contributed by atoms with van der Waals surface area (Å²) < 4.78 is 7.27. The predicted molar refractivity (Wildman–Crippen MR) is 109 cm³/mol. The van der Waals surface area contributed by atoms with E-state index in [-0.39, 0.29) is 0 Å². The summed E-state index contributed by atoms with van der Waals surface area (Å²) in [5.41, 5.74) is 3.81. The monoisotopic (exact) mass is 399 g/mol. The number of imidazole rings is 1. The summed E-state index contributed by atoms with van der Waals surface area (Å²) in [7, 11) is 0. The summed E-state index contributed by atoms with van der Waals surface area (Å²) in [6, 6.07) is 8.23. The number of alkyl carbamates (subject to hydrolysis) is 1. The molecular formula is C22H29N3O4. The highest BCUT2D eigenvalue weighted by Crippen LogP contribution is 2.28. The number of aromatic nitrogens is 2. The minimum atomic E-state index is -0.833. The van der Waals surface area contributed by atoms with E-state index in [0.717, 1.165) is 29.9 Å². The van der Waals surface area contributed by atoms with Crippen LogP contribution in [0.4, 0.5) is 4.79 Å². The van der Waals surface area contributed by atoms with E-state index < -0.39 is 23.6 Å². The lowest BCUT2D eigenvalue weighted by Crippen LogP contribution is -2.33. The zero-order valence-electron chi connectivity index (χ0n) is 17.3. The molecule has 156 valence electrons. The van der Waals surface area contributed by atoms with E-state index in [1.54, 1.807) is 27.1 Å². The van der Waals surface area contributed by atoms with Crippen molar-refractivity contribution in [3.8, 4) is 5.69 Å². The van der Waals surface area contributed by atoms with Crippen LogP contribution in [0.1, 0.15) is 50.6 Å². The van der Waals surface area contributed by atoms with Crippen molar-refractivity contribution in [2.24, 2.45) is 5.92 Å². The maximum absolute atomic E-state index is 11.8. The molecule has 3 rings (SSSR count). The molecule has 0 saturated heterocycles. The van der Waals surface area contributed by atoms with E-state index in [0.29, 0.717) is 25.8 Å². The topological polar surface area (TPSA) is 93.5 Å². The van der Waals surface area contributed by atoms with Gasteiger partial charge in [0.25, 0.3) is 0 Å². The van der Waals surface area contributed by atoms with Gasteiger partial charge in [-0.1, -0.05) is 18.2 Å². The van der Waals surface area contributed by atoms with E-state index in [4.69, 9.17) is 4.74 Å². The lowest BCUT2D eigenvalue weighted by molar-refractivity contribution is -0.142. The number of fused-ring (bicyclic) bond motifs is 3. The Kier molecular flexibility index (Phi) is 6.25. The van der Waals surface area contributed by atoms with E-state index >= 15 is 0 Å². The quantitative estimate of drug-likeness (QED) is 0.695. The largest absolute Gasteiger partial charge is 0.481 e. The normalized spacial score (nSPS) is 13.9. The van der Waals surface area contributed by atoms with Gasteiger partial charge in [-0.05, 0) is 58.1 Å². The van der Waals surface area contributed by atoms with Crippen molar-refractivity contribution in [2.45, 2.75) is 58.5 Å². The van der Waals surface area contributed by atoms with Crippen LogP contribution in [0.5, 0.6) is 0 Å². The van der Waals surface area contributed by atoms with Crippen LogP contribution in [0.2, 0.25) is 0 Å². The van der Waals surface area contributed by atoms with Gasteiger partial charge in [0.2, 0.25) is 0 Å². The fraction of sp³-hybridized carbons (Fsp3) is 0.500. The Hall–Kier alpha value is -2.83. The van der Waals surface area contributed by atoms with Crippen LogP contribution < -0.4 is 5.32 Å². The maximum atomic E-state index is 11.8. The molecule has 2 N–H and O–H groups in total. The number of nitrogens with zero attached hydrogens (tertiary/aromatic N) is 2. The third kappa shape index (κ3) is 5.37. The molecule has 1 atom stereocenters. The Morgan fingerprint density at radius 1 is 1.28 bits per heavy atom. The molecular weight excluding hydrogens is 370 g/mol. The molecule has 29 heavy (non-hydrogen) atoms. The van der Waals surface area contributed by atoms with E-state index in [1.807, 2.05) is 12.1 Å². The number of benzene rings is 1. The molecule has 0 spiro atoms. The van der Waals surface area contributed by atoms with Crippen LogP contribution in [-0.2, 0) is 28.8 Å². The number of hydrogen-bond donors (Lipinski definition) is 2. The molecule has 0 bridgehead atoms. The van der Waals surface area contributed by atoms with Crippen LogP contribution in [0.15, 0.2) is 30.6 Å². The van der Waals surface area contributed by atoms with Gasteiger partial charge in [-0.25, -0.2) is 9.78 Å². The molecule has 1 unspecified atom stereocenters. The van der Waals surface area contributed by atoms with Gasteiger partial charge in [-0.3, -0.25) is 4.79 Å². The summed E-state index contributed by atoms with van der Waals surface area (Å²) in [4.78, 5) is 28.0. The van der Waals surface area contributed by atoms with Crippen LogP contribution in [0.3, 0.4) is 0 Å². The summed E-state index contributed by atoms with van der Waals surface area (Å²) in [5.74, 6) is -1.37. The Bertz CT molecular complexity index is 882. The van der Waals surface area contributed by atoms with Crippen molar-refractivity contribution >= 4 is 12.1 Å². The molecule has 0 aliphatic carbocycles. The summed E-state index contributed by atoms with van der Waals surface area (Å²) in [6.45, 7) is 5.79. The number of carbonyl (C=O) groups is 2. The molecule has 0 fully saturated rings. The molecule has 7 heteroatoms. The first-order valence-corrected chi connectivity index (χ1v) is 10.1. The fourth-order valence-electron chi connectivity index (χ4n) is 3.66. The number of carboxylic acids is 1. The summed E-state index contributed by atoms with van der Waals surface area (Å²) >= 11 is 0. The number of aryl methyl sites for hydroxylation is 1. The van der Waals surface area contributed by atoms with Crippen LogP contribution in [0.25, 0.3) is 5.69 Å². The lowest BCUT2D eigenvalue weighted by Gasteiger charge is -2.20. The predicted octanol–water partition coefficient (Wildman–Crippen LogP) is 3.52. The van der Waals surface area contributed by atoms with Crippen LogP contribution in [-0.4, -0.2) is 38.9 Å². The number of hydrogen-bond acceptors (Lipinski definition) is 4. The van der Waals surface area contributed by atoms with Crippen molar-refractivity contribution in [3.05, 3.63) is 47.5 Å². The first kappa shape index (κ1) is 20.9. The Morgan fingerprint density at radius 3 is 2.76 bits per heavy atom. The van der Waals surface area contributed by atoms with Crippen molar-refractivity contribution in [1.29, 1.82) is 0 Å². The van der Waals surface area contributed by atoms with Crippen molar-refractivity contribution in [1.82, 2.24) is 14.9 Å². The van der Waals surface area contributed by atoms with Crippen molar-refractivity contribution in [3.63, 3.8) is 0 Å². The molecule has 1 aromatic heterocycles. The van der Waals surface area contributed by atoms with Gasteiger partial charge in [0.15, 0.2) is 0 Å². The second-order valence-electron chi connectivity index (χ2n) is 8.45. The molecule has 0 saturated carbocycles. The van der Waals surface area contributed by atoms with Gasteiger partial charge >= 0.3 is 12.1 Å². The van der Waals surface area contributed by atoms with E-state index in [1.165, 1.54) is 5.56 Å². The minimum Gasteiger partial charge on any atom is -0.481 e. The first-order valence-electron chi connectivity index (χ1n) is 10.1. The lowest BCUT2D eigenvalue weighted by atomic mass is 9.94. The molecule has 7 nitrogen and oxygen atoms in total. The highest BCUT2D eigenvalue weighted by atomic mass is 16.6. The fourth-order valence-corrected chi connectivity index (χ4v) is 3.66. The van der Waals surface area contributed by atoms with Gasteiger partial charge in [-0.2, -0.15) is 0 Å². The minimum absolute atomic E-state index is 0.382. The van der Waals surface area contributed by atoms with Crippen LogP contribution in [0, 0.1) is 5.92 Å². The molecule has 2 heterocycles. The number of amides is 1.